The van der Waals surface area contributed by atoms with Gasteiger partial charge >= 0.3 is 0 Å². The van der Waals surface area contributed by atoms with Crippen molar-refractivity contribution < 1.29 is 4.79 Å². The number of rotatable bonds is 6. The number of hydrogen-bond acceptors (Lipinski definition) is 3. The maximum atomic E-state index is 12.4. The Balaban J connectivity index is 1.68. The quantitative estimate of drug-likeness (QED) is 0.892. The van der Waals surface area contributed by atoms with Crippen molar-refractivity contribution >= 4 is 5.91 Å². The summed E-state index contributed by atoms with van der Waals surface area (Å²) >= 11 is 0. The lowest BCUT2D eigenvalue weighted by Gasteiger charge is -2.21. The molecule has 1 fully saturated rings. The van der Waals surface area contributed by atoms with Crippen molar-refractivity contribution in [3.8, 4) is 0 Å². The number of aromatic nitrogens is 1. The summed E-state index contributed by atoms with van der Waals surface area (Å²) in [7, 11) is 0. The van der Waals surface area contributed by atoms with Crippen LogP contribution in [-0.2, 0) is 11.2 Å². The minimum atomic E-state index is -0.0892. The second kappa shape index (κ2) is 7.88. The van der Waals surface area contributed by atoms with Gasteiger partial charge in [-0.25, -0.2) is 0 Å². The van der Waals surface area contributed by atoms with Gasteiger partial charge in [0.1, 0.15) is 0 Å². The SMILES string of the molecule is O=C(CN1CCCC1)NC(Cc1ccccc1)c1ccccn1. The summed E-state index contributed by atoms with van der Waals surface area (Å²) in [6.07, 6.45) is 4.92. The third-order valence-corrected chi connectivity index (χ3v) is 4.23. The Labute approximate surface area is 137 Å². The molecule has 1 aromatic heterocycles. The Morgan fingerprint density at radius 3 is 2.52 bits per heavy atom. The van der Waals surface area contributed by atoms with E-state index in [-0.39, 0.29) is 11.9 Å². The number of nitrogens with one attached hydrogen (secondary N) is 1. The first kappa shape index (κ1) is 15.7. The minimum absolute atomic E-state index is 0.0819. The Kier molecular flexibility index (Phi) is 5.37. The van der Waals surface area contributed by atoms with Crippen molar-refractivity contribution in [2.24, 2.45) is 0 Å². The third kappa shape index (κ3) is 4.63. The van der Waals surface area contributed by atoms with Crippen LogP contribution in [-0.4, -0.2) is 35.4 Å². The molecule has 0 aliphatic carbocycles. The lowest BCUT2D eigenvalue weighted by atomic mass is 10.0. The van der Waals surface area contributed by atoms with E-state index < -0.39 is 0 Å². The Hall–Kier alpha value is -2.20. The van der Waals surface area contributed by atoms with E-state index in [1.165, 1.54) is 18.4 Å². The van der Waals surface area contributed by atoms with Crippen LogP contribution in [0.2, 0.25) is 0 Å². The Bertz CT molecular complexity index is 609. The molecule has 2 heterocycles. The zero-order valence-corrected chi connectivity index (χ0v) is 13.3. The van der Waals surface area contributed by atoms with Crippen molar-refractivity contribution in [1.82, 2.24) is 15.2 Å². The van der Waals surface area contributed by atoms with Gasteiger partial charge in [0, 0.05) is 6.20 Å². The summed E-state index contributed by atoms with van der Waals surface area (Å²) < 4.78 is 0. The highest BCUT2D eigenvalue weighted by molar-refractivity contribution is 5.78. The maximum absolute atomic E-state index is 12.4. The normalized spacial score (nSPS) is 16.2. The molecule has 0 spiro atoms. The van der Waals surface area contributed by atoms with Gasteiger partial charge in [0.05, 0.1) is 18.3 Å². The first-order chi connectivity index (χ1) is 11.3. The highest BCUT2D eigenvalue weighted by Crippen LogP contribution is 2.16. The van der Waals surface area contributed by atoms with Gasteiger partial charge in [-0.15, -0.1) is 0 Å². The Morgan fingerprint density at radius 1 is 1.09 bits per heavy atom. The first-order valence-corrected chi connectivity index (χ1v) is 8.28. The summed E-state index contributed by atoms with van der Waals surface area (Å²) in [6, 6.07) is 16.0. The van der Waals surface area contributed by atoms with Crippen LogP contribution in [0, 0.1) is 0 Å². The summed E-state index contributed by atoms with van der Waals surface area (Å²) in [5.74, 6) is 0.0819. The van der Waals surface area contributed by atoms with Crippen LogP contribution in [0.25, 0.3) is 0 Å². The largest absolute Gasteiger partial charge is 0.346 e. The van der Waals surface area contributed by atoms with Crippen molar-refractivity contribution in [2.45, 2.75) is 25.3 Å². The van der Waals surface area contributed by atoms with Crippen molar-refractivity contribution in [2.75, 3.05) is 19.6 Å². The van der Waals surface area contributed by atoms with Gasteiger partial charge in [-0.1, -0.05) is 36.4 Å². The van der Waals surface area contributed by atoms with E-state index in [1.54, 1.807) is 6.20 Å². The topological polar surface area (TPSA) is 45.2 Å². The van der Waals surface area contributed by atoms with E-state index in [4.69, 9.17) is 0 Å². The van der Waals surface area contributed by atoms with Gasteiger partial charge < -0.3 is 5.32 Å². The van der Waals surface area contributed by atoms with Gasteiger partial charge in [-0.3, -0.25) is 14.7 Å². The number of benzene rings is 1. The standard InChI is InChI=1S/C19H23N3O/c23-19(15-22-12-6-7-13-22)21-18(17-10-4-5-11-20-17)14-16-8-2-1-3-9-16/h1-5,8-11,18H,6-7,12-15H2,(H,21,23). The molecular formula is C19H23N3O. The predicted octanol–water partition coefficient (Wildman–Crippen LogP) is 2.58. The molecule has 1 aliphatic heterocycles. The average molecular weight is 309 g/mol. The van der Waals surface area contributed by atoms with Crippen molar-refractivity contribution in [3.63, 3.8) is 0 Å². The van der Waals surface area contributed by atoms with Crippen LogP contribution in [0.4, 0.5) is 0 Å². The molecule has 2 aromatic rings. The van der Waals surface area contributed by atoms with Crippen LogP contribution >= 0.6 is 0 Å². The van der Waals surface area contributed by atoms with Crippen LogP contribution < -0.4 is 5.32 Å². The summed E-state index contributed by atoms with van der Waals surface area (Å²) in [6.45, 7) is 2.54. The fourth-order valence-corrected chi connectivity index (χ4v) is 3.05. The molecule has 0 radical (unpaired) electrons. The fraction of sp³-hybridized carbons (Fsp3) is 0.368. The van der Waals surface area contributed by atoms with Crippen LogP contribution in [0.1, 0.15) is 30.1 Å². The van der Waals surface area contributed by atoms with Gasteiger partial charge in [0.25, 0.3) is 0 Å². The number of pyridine rings is 1. The lowest BCUT2D eigenvalue weighted by Crippen LogP contribution is -2.38. The maximum Gasteiger partial charge on any atom is 0.234 e. The second-order valence-electron chi connectivity index (χ2n) is 6.05. The smallest absolute Gasteiger partial charge is 0.234 e. The lowest BCUT2D eigenvalue weighted by molar-refractivity contribution is -0.122. The number of amides is 1. The molecule has 0 bridgehead atoms. The van der Waals surface area contributed by atoms with Crippen LogP contribution in [0.15, 0.2) is 54.7 Å². The van der Waals surface area contributed by atoms with E-state index in [0.717, 1.165) is 25.2 Å². The number of likely N-dealkylation sites (tertiary alicyclic amines) is 1. The minimum Gasteiger partial charge on any atom is -0.346 e. The molecule has 1 saturated heterocycles. The zero-order chi connectivity index (χ0) is 15.9. The molecule has 23 heavy (non-hydrogen) atoms. The van der Waals surface area contributed by atoms with Gasteiger partial charge in [0.15, 0.2) is 0 Å². The van der Waals surface area contributed by atoms with Gasteiger partial charge in [-0.2, -0.15) is 0 Å². The average Bonchev–Trinajstić information content (AvgIpc) is 3.09. The molecule has 4 heteroatoms. The van der Waals surface area contributed by atoms with Gasteiger partial charge in [-0.05, 0) is 50.0 Å². The van der Waals surface area contributed by atoms with Crippen molar-refractivity contribution in [1.29, 1.82) is 0 Å². The predicted molar refractivity (Wildman–Crippen MR) is 90.9 cm³/mol. The highest BCUT2D eigenvalue weighted by atomic mass is 16.2. The number of carbonyl (C=O) groups is 1. The van der Waals surface area contributed by atoms with E-state index >= 15 is 0 Å². The summed E-state index contributed by atoms with van der Waals surface area (Å²) in [4.78, 5) is 19.0. The van der Waals surface area contributed by atoms with E-state index in [1.807, 2.05) is 36.4 Å². The summed E-state index contributed by atoms with van der Waals surface area (Å²) in [5, 5.41) is 3.17. The van der Waals surface area contributed by atoms with Crippen LogP contribution in [0.5, 0.6) is 0 Å². The molecule has 1 aliphatic rings. The monoisotopic (exact) mass is 309 g/mol. The molecule has 1 amide bonds. The zero-order valence-electron chi connectivity index (χ0n) is 13.3. The van der Waals surface area contributed by atoms with Crippen molar-refractivity contribution in [3.05, 3.63) is 66.0 Å². The Morgan fingerprint density at radius 2 is 1.83 bits per heavy atom. The van der Waals surface area contributed by atoms with E-state index in [0.29, 0.717) is 6.54 Å². The van der Waals surface area contributed by atoms with Crippen LogP contribution in [0.3, 0.4) is 0 Å². The molecule has 1 aromatic carbocycles. The molecule has 120 valence electrons. The fourth-order valence-electron chi connectivity index (χ4n) is 3.05. The third-order valence-electron chi connectivity index (χ3n) is 4.23. The number of hydrogen-bond donors (Lipinski definition) is 1. The molecule has 1 atom stereocenters. The van der Waals surface area contributed by atoms with E-state index in [9.17, 15) is 4.79 Å². The summed E-state index contributed by atoms with van der Waals surface area (Å²) in [5.41, 5.74) is 2.11. The highest BCUT2D eigenvalue weighted by Gasteiger charge is 2.19. The number of carbonyl (C=O) groups excluding carboxylic acids is 1. The second-order valence-corrected chi connectivity index (χ2v) is 6.05. The molecule has 3 rings (SSSR count). The molecule has 4 nitrogen and oxygen atoms in total. The first-order valence-electron chi connectivity index (χ1n) is 8.28. The molecule has 1 unspecified atom stereocenters. The molecule has 0 saturated carbocycles. The number of nitrogens with zero attached hydrogens (tertiary/aromatic N) is 2. The molecular weight excluding hydrogens is 286 g/mol. The molecule has 1 N–H and O–H groups in total. The van der Waals surface area contributed by atoms with E-state index in [2.05, 4.69) is 27.3 Å². The van der Waals surface area contributed by atoms with Gasteiger partial charge in [0.2, 0.25) is 5.91 Å².